The number of aryl methyl sites for hydroxylation is 6. The van der Waals surface area contributed by atoms with Gasteiger partial charge in [0.05, 0.1) is 6.08 Å². The Morgan fingerprint density at radius 3 is 1.17 bits per heavy atom. The van der Waals surface area contributed by atoms with Crippen molar-refractivity contribution >= 4 is 34.2 Å². The molecule has 0 fully saturated rings. The van der Waals surface area contributed by atoms with Crippen molar-refractivity contribution in [1.82, 2.24) is 0 Å². The molecule has 0 N–H and O–H groups in total. The molecule has 100 heavy (non-hydrogen) atoms. The average molecular weight is 1430 g/mol. The van der Waals surface area contributed by atoms with Gasteiger partial charge in [-0.1, -0.05) is 236 Å². The van der Waals surface area contributed by atoms with Crippen molar-refractivity contribution in [3.05, 3.63) is 264 Å². The summed E-state index contributed by atoms with van der Waals surface area (Å²) in [6.45, 7) is 24.5. The van der Waals surface area contributed by atoms with Crippen molar-refractivity contribution < 1.29 is 45.1 Å². The molecule has 0 aliphatic carbocycles. The Morgan fingerprint density at radius 1 is 0.380 bits per heavy atom. The molecule has 2 heterocycles. The van der Waals surface area contributed by atoms with Crippen LogP contribution in [0.15, 0.2) is 181 Å². The number of rotatable bonds is 40. The fourth-order valence-electron chi connectivity index (χ4n) is 12.7. The van der Waals surface area contributed by atoms with Gasteiger partial charge in [-0.3, -0.25) is 0 Å². The van der Waals surface area contributed by atoms with Crippen LogP contribution in [-0.4, -0.2) is 20.1 Å². The molecular weight excluding hydrogens is 1310 g/mol. The molecule has 544 valence electrons. The van der Waals surface area contributed by atoms with Gasteiger partial charge < -0.3 is 16.6 Å². The van der Waals surface area contributed by atoms with Crippen LogP contribution in [0.3, 0.4) is 0 Å². The number of hydrogen-bond acceptors (Lipinski definition) is 0. The summed E-state index contributed by atoms with van der Waals surface area (Å²) in [5.74, 6) is 2.64. The van der Waals surface area contributed by atoms with Gasteiger partial charge in [-0.15, -0.1) is 4.79 Å². The summed E-state index contributed by atoms with van der Waals surface area (Å²) in [7, 11) is 0. The van der Waals surface area contributed by atoms with Crippen LogP contribution in [0.4, 0.5) is 0 Å². The van der Waals surface area contributed by atoms with E-state index in [4.69, 9.17) is 5.53 Å². The van der Waals surface area contributed by atoms with Crippen LogP contribution < -0.4 is 0 Å². The Bertz CT molecular complexity index is 3440. The molecule has 8 rings (SSSR count). The second-order valence-corrected chi connectivity index (χ2v) is 28.4. The van der Waals surface area contributed by atoms with E-state index in [9.17, 15) is 11.1 Å². The Hall–Kier alpha value is -6.63. The quantitative estimate of drug-likeness (QED) is 0.00698. The molecule has 0 radical (unpaired) electrons. The van der Waals surface area contributed by atoms with E-state index in [2.05, 4.69) is 245 Å². The van der Waals surface area contributed by atoms with Crippen molar-refractivity contribution in [3.8, 4) is 0 Å². The van der Waals surface area contributed by atoms with Crippen molar-refractivity contribution in [1.29, 1.82) is 0 Å². The summed E-state index contributed by atoms with van der Waals surface area (Å²) >= 11 is 1.90. The van der Waals surface area contributed by atoms with E-state index in [0.717, 1.165) is 147 Å². The van der Waals surface area contributed by atoms with Gasteiger partial charge in [0, 0.05) is 62.0 Å². The van der Waals surface area contributed by atoms with Crippen LogP contribution in [0.1, 0.15) is 303 Å². The third kappa shape index (κ3) is 29.4. The first-order valence-corrected chi connectivity index (χ1v) is 40.4. The normalized spacial score (nSPS) is 12.7. The summed E-state index contributed by atoms with van der Waals surface area (Å²) in [6.07, 6.45) is 42.6. The molecular formula is C92H126N6Ni2. The fourth-order valence-corrected chi connectivity index (χ4v) is 13.6. The number of allylic oxidation sites excluding steroid dienone is 6. The largest absolute Gasteiger partial charge is 0 e. The zero-order valence-corrected chi connectivity index (χ0v) is 65.7. The van der Waals surface area contributed by atoms with Gasteiger partial charge in [0.1, 0.15) is 0 Å². The maximum atomic E-state index is 11.3. The maximum absolute atomic E-state index is 11.3. The van der Waals surface area contributed by atoms with Crippen LogP contribution in [0.2, 0.25) is 10.8 Å². The molecule has 0 saturated carbocycles. The van der Waals surface area contributed by atoms with Crippen LogP contribution in [-0.2, 0) is 69.5 Å². The zero-order valence-electron chi connectivity index (χ0n) is 63.7. The number of unbranched alkanes of at least 4 members (excludes halogenated alkanes) is 12. The third-order valence-corrected chi connectivity index (χ3v) is 20.2. The van der Waals surface area contributed by atoms with E-state index >= 15 is 0 Å². The summed E-state index contributed by atoms with van der Waals surface area (Å²) in [5, 5.41) is 2.72. The molecule has 0 saturated heterocycles. The van der Waals surface area contributed by atoms with E-state index in [1.54, 1.807) is 0 Å². The Kier molecular flexibility index (Phi) is 44.2. The van der Waals surface area contributed by atoms with E-state index < -0.39 is 0 Å². The van der Waals surface area contributed by atoms with Crippen LogP contribution in [0.25, 0.3) is 45.0 Å². The third-order valence-electron chi connectivity index (χ3n) is 18.5. The fraction of sp³-hybridized carbons (Fsp3) is 0.478. The number of nitrogens with zero attached hydrogens (tertiary/aromatic N) is 6. The minimum atomic E-state index is 0. The van der Waals surface area contributed by atoms with Gasteiger partial charge in [-0.05, 0) is 213 Å². The summed E-state index contributed by atoms with van der Waals surface area (Å²) < 4.78 is 2.87. The SMILES string of the molecule is CCCCC(C=C=[N+]=[N-])=C(c1ccc(CCCC)cc1)c1cccc(CC)c1.CCCCCCc1cccc(C2=C(CCCC)C=C(c3ccc(CCCC)cc3)[N+]2=[N-])c1.CCCCCCc1cccc(C2=C(CCCC)C=C(c3ccc(CCCC)cc3)[N+]2=[N-])c1.CC[CH2][Ni][CH2]CC.[Ni]. The topological polar surface area (TPSA) is 87.0 Å². The smallest absolute Gasteiger partial charge is 0 e. The molecule has 2 aliphatic rings. The summed E-state index contributed by atoms with van der Waals surface area (Å²) in [6, 6.07) is 52.7. The maximum Gasteiger partial charge on any atom is 0 e. The van der Waals surface area contributed by atoms with Crippen molar-refractivity contribution in [3.63, 3.8) is 0 Å². The molecule has 0 bridgehead atoms. The monoisotopic (exact) mass is 1430 g/mol. The minimum absolute atomic E-state index is 0. The van der Waals surface area contributed by atoms with E-state index in [-0.39, 0.29) is 16.5 Å². The van der Waals surface area contributed by atoms with Gasteiger partial charge in [-0.2, -0.15) is 0 Å². The van der Waals surface area contributed by atoms with E-state index in [1.807, 2.05) is 20.5 Å². The number of hydrogen-bond donors (Lipinski definition) is 0. The van der Waals surface area contributed by atoms with Gasteiger partial charge >= 0.3 is 51.9 Å². The first-order valence-electron chi connectivity index (χ1n) is 39.0. The first kappa shape index (κ1) is 85.8. The molecule has 8 heteroatoms. The molecule has 6 aromatic carbocycles. The zero-order chi connectivity index (χ0) is 71.2. The van der Waals surface area contributed by atoms with Crippen LogP contribution >= 0.6 is 0 Å². The Labute approximate surface area is 624 Å². The van der Waals surface area contributed by atoms with Gasteiger partial charge in [-0.25, -0.2) is 9.39 Å². The molecule has 2 aliphatic heterocycles. The van der Waals surface area contributed by atoms with E-state index in [1.165, 1.54) is 184 Å². The molecule has 0 spiro atoms. The van der Waals surface area contributed by atoms with Crippen molar-refractivity contribution in [2.45, 2.75) is 286 Å². The first-order chi connectivity index (χ1) is 48.5. The predicted molar refractivity (Wildman–Crippen MR) is 425 cm³/mol. The van der Waals surface area contributed by atoms with Gasteiger partial charge in [0.2, 0.25) is 22.8 Å². The standard InChI is InChI=1S/2C30H40N2.C26H32N2.2C3H7.2Ni/c2*1-4-7-10-11-14-25-15-12-17-27(22-25)30-28(16-9-6-3)23-29(32(30)31)26-20-18-24(19-21-26)13-8-5-2;1-4-7-10-22-14-16-24(17-15-22)26(23(12-8-5-2)18-19-28-27)25-13-9-11-21(6-3)20-25;2*1-3-2;;/h2*12,15,17-23H,4-11,13-14,16H2,1-3H3;9,11,13-18,20H,4-8,10,12H2,1-3H3;2*1,3H2,2H3;;. The Morgan fingerprint density at radius 2 is 0.770 bits per heavy atom. The van der Waals surface area contributed by atoms with Gasteiger partial charge in [0.15, 0.2) is 0 Å². The second-order valence-electron chi connectivity index (χ2n) is 27.0. The molecule has 0 unspecified atom stereocenters. The molecule has 0 atom stereocenters. The van der Waals surface area contributed by atoms with Crippen LogP contribution in [0, 0.1) is 0 Å². The van der Waals surface area contributed by atoms with Gasteiger partial charge in [0.25, 0.3) is 5.87 Å². The minimum Gasteiger partial charge on any atom is 0 e. The Balaban J connectivity index is 0.000000302. The summed E-state index contributed by atoms with van der Waals surface area (Å²) in [4.78, 5) is 3.10. The van der Waals surface area contributed by atoms with Crippen LogP contribution in [0.5, 0.6) is 0 Å². The predicted octanol–water partition coefficient (Wildman–Crippen LogP) is 28.0. The molecule has 6 aromatic rings. The van der Waals surface area contributed by atoms with E-state index in [0.29, 0.717) is 0 Å². The molecule has 6 nitrogen and oxygen atoms in total. The molecule has 0 amide bonds. The second kappa shape index (κ2) is 51.5. The van der Waals surface area contributed by atoms with Crippen molar-refractivity contribution in [2.75, 3.05) is 0 Å². The summed E-state index contributed by atoms with van der Waals surface area (Å²) in [5.41, 5.74) is 55.0. The average Bonchev–Trinajstić information content (AvgIpc) is 1.62. The number of benzene rings is 6. The molecule has 0 aromatic heterocycles. The van der Waals surface area contributed by atoms with Crippen molar-refractivity contribution in [2.24, 2.45) is 0 Å².